The van der Waals surface area contributed by atoms with Gasteiger partial charge in [0, 0.05) is 6.92 Å². The van der Waals surface area contributed by atoms with E-state index >= 15 is 0 Å². The summed E-state index contributed by atoms with van der Waals surface area (Å²) in [6.07, 6.45) is -14.1. The molecule has 2 rings (SSSR count). The van der Waals surface area contributed by atoms with E-state index in [0.29, 0.717) is 0 Å². The highest BCUT2D eigenvalue weighted by Gasteiger charge is 2.45. The average molecular weight is 444 g/mol. The molecule has 0 saturated carbocycles. The summed E-state index contributed by atoms with van der Waals surface area (Å²) in [5.41, 5.74) is 0. The lowest BCUT2D eigenvalue weighted by Crippen LogP contribution is -2.59. The highest BCUT2D eigenvalue weighted by atomic mass is 16.7. The number of carboxylic acid groups (broad SMARTS) is 1. The van der Waals surface area contributed by atoms with Crippen molar-refractivity contribution in [2.24, 2.45) is 0 Å². The zero-order valence-electron chi connectivity index (χ0n) is 16.0. The van der Waals surface area contributed by atoms with Crippen LogP contribution in [-0.4, -0.2) is 132 Å². The van der Waals surface area contributed by atoms with E-state index in [1.54, 1.807) is 0 Å². The van der Waals surface area contributed by atoms with Crippen LogP contribution in [0.3, 0.4) is 0 Å². The maximum absolute atomic E-state index is 10.6. The van der Waals surface area contributed by atoms with E-state index in [4.69, 9.17) is 24.8 Å². The van der Waals surface area contributed by atoms with Gasteiger partial charge in [-0.1, -0.05) is 0 Å². The van der Waals surface area contributed by atoms with E-state index in [-0.39, 0.29) is 0 Å². The van der Waals surface area contributed by atoms with Gasteiger partial charge in [-0.25, -0.2) is 0 Å². The fourth-order valence-electron chi connectivity index (χ4n) is 2.85. The molecule has 14 heteroatoms. The van der Waals surface area contributed by atoms with Crippen LogP contribution in [0.2, 0.25) is 0 Å². The summed E-state index contributed by atoms with van der Waals surface area (Å²) < 4.78 is 14.4. The van der Waals surface area contributed by atoms with E-state index in [0.717, 1.165) is 6.92 Å². The van der Waals surface area contributed by atoms with E-state index in [9.17, 15) is 40.2 Å². The van der Waals surface area contributed by atoms with Crippen LogP contribution < -0.4 is 0 Å². The van der Waals surface area contributed by atoms with Gasteiger partial charge in [0.2, 0.25) is 6.29 Å². The minimum atomic E-state index is -1.54. The molecule has 0 spiro atoms. The second-order valence-electron chi connectivity index (χ2n) is 6.77. The summed E-state index contributed by atoms with van der Waals surface area (Å²) in [5.74, 6) is -1.89. The smallest absolute Gasteiger partial charge is 0.306 e. The SMILES string of the molecule is CC(=O)OC1O[C@H](CO)[C@@H](O)[C@H](O)[C@@H]1O.O=C(O)CC1O[C@H](CO)[C@@H](O)[C@H](O)[C@@H]1O. The Morgan fingerprint density at radius 1 is 0.733 bits per heavy atom. The molecule has 0 bridgehead atoms. The molecule has 2 heterocycles. The van der Waals surface area contributed by atoms with Crippen molar-refractivity contribution in [1.82, 2.24) is 0 Å². The molecule has 0 radical (unpaired) electrons. The monoisotopic (exact) mass is 444 g/mol. The van der Waals surface area contributed by atoms with Gasteiger partial charge >= 0.3 is 11.9 Å². The molecular weight excluding hydrogens is 416 g/mol. The Balaban J connectivity index is 0.000000300. The van der Waals surface area contributed by atoms with E-state index < -0.39 is 92.8 Å². The lowest BCUT2D eigenvalue weighted by atomic mass is 9.94. The number of aliphatic carboxylic acids is 1. The Morgan fingerprint density at radius 3 is 1.60 bits per heavy atom. The summed E-state index contributed by atoms with van der Waals surface area (Å²) in [4.78, 5) is 21.0. The third-order valence-electron chi connectivity index (χ3n) is 4.50. The molecule has 2 aliphatic heterocycles. The summed E-state index contributed by atoms with van der Waals surface area (Å²) in [6, 6.07) is 0. The normalized spacial score (nSPS) is 41.4. The van der Waals surface area contributed by atoms with Gasteiger partial charge in [0.25, 0.3) is 0 Å². The lowest BCUT2D eigenvalue weighted by Gasteiger charge is -2.39. The molecular formula is C16H28O14. The number of carboxylic acids is 1. The first-order valence-electron chi connectivity index (χ1n) is 8.94. The number of aliphatic hydroxyl groups is 8. The van der Waals surface area contributed by atoms with Gasteiger partial charge in [-0.2, -0.15) is 0 Å². The van der Waals surface area contributed by atoms with Crippen LogP contribution in [0.1, 0.15) is 13.3 Å². The van der Waals surface area contributed by atoms with E-state index in [1.165, 1.54) is 0 Å². The van der Waals surface area contributed by atoms with Crippen LogP contribution in [0.5, 0.6) is 0 Å². The van der Waals surface area contributed by atoms with Gasteiger partial charge < -0.3 is 60.2 Å². The van der Waals surface area contributed by atoms with Crippen LogP contribution in [0, 0.1) is 0 Å². The van der Waals surface area contributed by atoms with Crippen molar-refractivity contribution in [2.45, 2.75) is 74.6 Å². The average Bonchev–Trinajstić information content (AvgIpc) is 2.68. The number of carbonyl (C=O) groups is 2. The van der Waals surface area contributed by atoms with Gasteiger partial charge in [-0.3, -0.25) is 9.59 Å². The van der Waals surface area contributed by atoms with E-state index in [1.807, 2.05) is 0 Å². The van der Waals surface area contributed by atoms with Crippen molar-refractivity contribution in [3.63, 3.8) is 0 Å². The molecule has 30 heavy (non-hydrogen) atoms. The van der Waals surface area contributed by atoms with E-state index in [2.05, 4.69) is 4.74 Å². The first-order valence-corrected chi connectivity index (χ1v) is 8.94. The van der Waals surface area contributed by atoms with Gasteiger partial charge in [0.15, 0.2) is 0 Å². The van der Waals surface area contributed by atoms with Crippen LogP contribution in [-0.2, 0) is 23.8 Å². The molecule has 9 N–H and O–H groups in total. The molecule has 2 unspecified atom stereocenters. The third kappa shape index (κ3) is 6.78. The predicted octanol–water partition coefficient (Wildman–Crippen LogP) is -5.35. The maximum Gasteiger partial charge on any atom is 0.306 e. The van der Waals surface area contributed by atoms with Crippen LogP contribution in [0.15, 0.2) is 0 Å². The Bertz CT molecular complexity index is 506. The Labute approximate surface area is 170 Å². The molecule has 0 aromatic carbocycles. The van der Waals surface area contributed by atoms with Crippen LogP contribution in [0.4, 0.5) is 0 Å². The zero-order valence-corrected chi connectivity index (χ0v) is 16.0. The van der Waals surface area contributed by atoms with Gasteiger partial charge in [0.05, 0.1) is 25.7 Å². The zero-order chi connectivity index (χ0) is 23.2. The second kappa shape index (κ2) is 11.8. The topological polar surface area (TPSA) is 244 Å². The summed E-state index contributed by atoms with van der Waals surface area (Å²) >= 11 is 0. The Kier molecular flexibility index (Phi) is 10.5. The first-order chi connectivity index (χ1) is 13.9. The number of carbonyl (C=O) groups excluding carboxylic acids is 1. The highest BCUT2D eigenvalue weighted by Crippen LogP contribution is 2.23. The van der Waals surface area contributed by atoms with Crippen LogP contribution >= 0.6 is 0 Å². The number of hydrogen-bond donors (Lipinski definition) is 9. The van der Waals surface area contributed by atoms with Crippen molar-refractivity contribution in [3.05, 3.63) is 0 Å². The van der Waals surface area contributed by atoms with Crippen molar-refractivity contribution in [3.8, 4) is 0 Å². The minimum absolute atomic E-state index is 0.499. The molecule has 10 atom stereocenters. The Morgan fingerprint density at radius 2 is 1.17 bits per heavy atom. The third-order valence-corrected chi connectivity index (χ3v) is 4.50. The van der Waals surface area contributed by atoms with Crippen molar-refractivity contribution >= 4 is 11.9 Å². The fourth-order valence-corrected chi connectivity index (χ4v) is 2.85. The molecule has 14 nitrogen and oxygen atoms in total. The van der Waals surface area contributed by atoms with Crippen molar-refractivity contribution in [2.75, 3.05) is 13.2 Å². The number of rotatable bonds is 5. The quantitative estimate of drug-likeness (QED) is 0.180. The number of hydrogen-bond acceptors (Lipinski definition) is 13. The number of esters is 1. The lowest BCUT2D eigenvalue weighted by molar-refractivity contribution is -0.292. The Hall–Kier alpha value is -1.46. The largest absolute Gasteiger partial charge is 0.481 e. The number of ether oxygens (including phenoxy) is 3. The highest BCUT2D eigenvalue weighted by molar-refractivity contribution is 5.67. The summed E-state index contributed by atoms with van der Waals surface area (Å²) in [7, 11) is 0. The molecule has 0 amide bonds. The molecule has 0 aromatic rings. The number of aliphatic hydroxyl groups excluding tert-OH is 8. The molecule has 2 fully saturated rings. The molecule has 0 aliphatic carbocycles. The standard InChI is InChI=1S/2C8H14O7/c1-3(10)14-8-7(13)6(12)5(11)4(2-9)15-8;9-2-4-7(13)8(14)6(12)3(15-4)1-5(10)11/h4-9,11-13H,2H2,1H3;3-4,6-9,12-14H,1-2H2,(H,10,11)/t4-,5-,6+,7+,8?;3?,4-,6-,7-,8-/m11/s1. The first kappa shape index (κ1) is 26.6. The van der Waals surface area contributed by atoms with Crippen molar-refractivity contribution in [1.29, 1.82) is 0 Å². The molecule has 176 valence electrons. The predicted molar refractivity (Wildman–Crippen MR) is 91.6 cm³/mol. The maximum atomic E-state index is 10.6. The molecule has 2 aliphatic rings. The van der Waals surface area contributed by atoms with Crippen molar-refractivity contribution < 1.29 is 69.8 Å². The fraction of sp³-hybridized carbons (Fsp3) is 0.875. The minimum Gasteiger partial charge on any atom is -0.481 e. The summed E-state index contributed by atoms with van der Waals surface area (Å²) in [5, 5.41) is 82.2. The van der Waals surface area contributed by atoms with Gasteiger partial charge in [-0.15, -0.1) is 0 Å². The molecule has 2 saturated heterocycles. The van der Waals surface area contributed by atoms with Gasteiger partial charge in [-0.05, 0) is 0 Å². The summed E-state index contributed by atoms with van der Waals surface area (Å²) in [6.45, 7) is 0.00518. The van der Waals surface area contributed by atoms with Crippen LogP contribution in [0.25, 0.3) is 0 Å². The molecule has 0 aromatic heterocycles. The second-order valence-corrected chi connectivity index (χ2v) is 6.77. The van der Waals surface area contributed by atoms with Gasteiger partial charge in [0.1, 0.15) is 48.8 Å².